The predicted octanol–water partition coefficient (Wildman–Crippen LogP) is 8.25. The van der Waals surface area contributed by atoms with Gasteiger partial charge in [0.1, 0.15) is 0 Å². The number of aromatic nitrogens is 1. The molecule has 0 bridgehead atoms. The Balaban J connectivity index is 1.75. The number of hydrogen-bond donors (Lipinski definition) is 0. The van der Waals surface area contributed by atoms with Crippen molar-refractivity contribution in [2.75, 3.05) is 0 Å². The number of nitrogens with zero attached hydrogens (tertiary/aromatic N) is 1. The Bertz CT molecular complexity index is 1920. The van der Waals surface area contributed by atoms with Crippen LogP contribution < -0.4 is 0 Å². The molecule has 0 fully saturated rings. The maximum absolute atomic E-state index is 2.52. The Hall–Kier alpha value is -4.10. The zero-order chi connectivity index (χ0) is 20.1. The molecule has 142 valence electrons. The molecule has 1 heteroatoms. The molecule has 0 spiro atoms. The molecule has 31 heavy (non-hydrogen) atoms. The van der Waals surface area contributed by atoms with Gasteiger partial charge in [-0.3, -0.25) is 0 Å². The van der Waals surface area contributed by atoms with E-state index in [1.807, 2.05) is 0 Å². The van der Waals surface area contributed by atoms with Crippen LogP contribution in [0.15, 0.2) is 103 Å². The second-order valence-corrected chi connectivity index (χ2v) is 8.53. The van der Waals surface area contributed by atoms with E-state index in [0.717, 1.165) is 0 Å². The second kappa shape index (κ2) is 5.33. The largest absolute Gasteiger partial charge is 0.307 e. The highest BCUT2D eigenvalue weighted by Crippen LogP contribution is 2.48. The molecule has 0 atom stereocenters. The summed E-state index contributed by atoms with van der Waals surface area (Å²) in [7, 11) is 0. The van der Waals surface area contributed by atoms with Crippen molar-refractivity contribution in [2.24, 2.45) is 0 Å². The van der Waals surface area contributed by atoms with E-state index in [9.17, 15) is 0 Å². The van der Waals surface area contributed by atoms with Crippen LogP contribution in [0.5, 0.6) is 0 Å². The van der Waals surface area contributed by atoms with Crippen LogP contribution in [0.3, 0.4) is 0 Å². The van der Waals surface area contributed by atoms with E-state index < -0.39 is 0 Å². The maximum Gasteiger partial charge on any atom is 0.0627 e. The minimum atomic E-state index is 1.26. The van der Waals surface area contributed by atoms with E-state index in [1.54, 1.807) is 0 Å². The fourth-order valence-corrected chi connectivity index (χ4v) is 5.89. The topological polar surface area (TPSA) is 4.41 Å². The van der Waals surface area contributed by atoms with Gasteiger partial charge in [0.05, 0.1) is 16.6 Å². The lowest BCUT2D eigenvalue weighted by molar-refractivity contribution is 1.37. The molecule has 0 saturated heterocycles. The molecule has 6 aromatic carbocycles. The molecule has 0 aliphatic carbocycles. The molecular weight excluding hydrogens is 374 g/mol. The quantitative estimate of drug-likeness (QED) is 0.248. The van der Waals surface area contributed by atoms with E-state index in [4.69, 9.17) is 0 Å². The van der Waals surface area contributed by atoms with Gasteiger partial charge in [-0.05, 0) is 33.2 Å². The minimum Gasteiger partial charge on any atom is -0.307 e. The molecule has 2 aromatic heterocycles. The Morgan fingerprint density at radius 2 is 1.00 bits per heavy atom. The summed E-state index contributed by atoms with van der Waals surface area (Å²) in [5.74, 6) is 0. The zero-order valence-electron chi connectivity index (χ0n) is 16.8. The molecule has 8 rings (SSSR count). The summed E-state index contributed by atoms with van der Waals surface area (Å²) in [4.78, 5) is 0. The summed E-state index contributed by atoms with van der Waals surface area (Å²) >= 11 is 0. The third-order valence-corrected chi connectivity index (χ3v) is 7.08. The molecule has 2 heterocycles. The first-order valence-electron chi connectivity index (χ1n) is 10.8. The van der Waals surface area contributed by atoms with E-state index in [0.29, 0.717) is 0 Å². The van der Waals surface area contributed by atoms with Gasteiger partial charge in [-0.25, -0.2) is 0 Å². The number of benzene rings is 6. The maximum atomic E-state index is 2.52. The first-order valence-corrected chi connectivity index (χ1v) is 10.8. The van der Waals surface area contributed by atoms with E-state index in [1.165, 1.54) is 70.8 Å². The Morgan fingerprint density at radius 3 is 1.84 bits per heavy atom. The fraction of sp³-hybridized carbons (Fsp3) is 0. The molecule has 8 aromatic rings. The van der Waals surface area contributed by atoms with Crippen LogP contribution >= 0.6 is 0 Å². The minimum absolute atomic E-state index is 1.26. The van der Waals surface area contributed by atoms with Gasteiger partial charge < -0.3 is 4.40 Å². The lowest BCUT2D eigenvalue weighted by Crippen LogP contribution is -1.86. The van der Waals surface area contributed by atoms with Crippen LogP contribution in [-0.2, 0) is 0 Å². The molecule has 1 nitrogen and oxygen atoms in total. The van der Waals surface area contributed by atoms with Gasteiger partial charge in [-0.2, -0.15) is 0 Å². The summed E-state index contributed by atoms with van der Waals surface area (Å²) in [6, 6.07) is 37.8. The number of fused-ring (bicyclic) bond motifs is 7. The highest BCUT2D eigenvalue weighted by Gasteiger charge is 2.23. The van der Waals surface area contributed by atoms with Gasteiger partial charge in [0.2, 0.25) is 0 Å². The van der Waals surface area contributed by atoms with Gasteiger partial charge in [0.15, 0.2) is 0 Å². The number of hydrogen-bond acceptors (Lipinski definition) is 0. The van der Waals surface area contributed by atoms with Crippen molar-refractivity contribution in [3.05, 3.63) is 103 Å². The number of rotatable bonds is 1. The Morgan fingerprint density at radius 1 is 0.387 bits per heavy atom. The average molecular weight is 391 g/mol. The van der Waals surface area contributed by atoms with Crippen molar-refractivity contribution in [1.82, 2.24) is 4.40 Å². The Labute approximate surface area is 178 Å². The fourth-order valence-electron chi connectivity index (χ4n) is 5.89. The lowest BCUT2D eigenvalue weighted by atomic mass is 9.93. The van der Waals surface area contributed by atoms with Crippen molar-refractivity contribution in [1.29, 1.82) is 0 Å². The van der Waals surface area contributed by atoms with Gasteiger partial charge in [0.25, 0.3) is 0 Å². The molecule has 0 radical (unpaired) electrons. The highest BCUT2D eigenvalue weighted by molar-refractivity contribution is 6.39. The molecular formula is C30H17N. The van der Waals surface area contributed by atoms with E-state index >= 15 is 0 Å². The third kappa shape index (κ3) is 1.75. The zero-order valence-corrected chi connectivity index (χ0v) is 16.8. The van der Waals surface area contributed by atoms with Crippen molar-refractivity contribution < 1.29 is 0 Å². The van der Waals surface area contributed by atoms with Gasteiger partial charge in [0, 0.05) is 27.1 Å². The SMILES string of the molecule is c1ccc(-c2cccc3c4ccc5c6ccccc6c6cccc7c6c5c4n7c23)cc1. The van der Waals surface area contributed by atoms with Crippen LogP contribution in [-0.4, -0.2) is 4.40 Å². The van der Waals surface area contributed by atoms with Gasteiger partial charge in [-0.15, -0.1) is 0 Å². The molecule has 0 saturated carbocycles. The summed E-state index contributed by atoms with van der Waals surface area (Å²) < 4.78 is 2.52. The highest BCUT2D eigenvalue weighted by atomic mass is 14.9. The van der Waals surface area contributed by atoms with Gasteiger partial charge >= 0.3 is 0 Å². The third-order valence-electron chi connectivity index (χ3n) is 7.08. The van der Waals surface area contributed by atoms with Crippen LogP contribution in [0.25, 0.3) is 70.8 Å². The molecule has 0 N–H and O–H groups in total. The average Bonchev–Trinajstić information content (AvgIpc) is 3.37. The second-order valence-electron chi connectivity index (χ2n) is 8.53. The number of para-hydroxylation sites is 1. The monoisotopic (exact) mass is 391 g/mol. The van der Waals surface area contributed by atoms with Crippen LogP contribution in [0.1, 0.15) is 0 Å². The van der Waals surface area contributed by atoms with Crippen LogP contribution in [0.4, 0.5) is 0 Å². The van der Waals surface area contributed by atoms with Gasteiger partial charge in [-0.1, -0.05) is 97.1 Å². The molecule has 0 amide bonds. The van der Waals surface area contributed by atoms with Crippen LogP contribution in [0, 0.1) is 0 Å². The first kappa shape index (κ1) is 15.7. The van der Waals surface area contributed by atoms with E-state index in [-0.39, 0.29) is 0 Å². The summed E-state index contributed by atoms with van der Waals surface area (Å²) in [5.41, 5.74) is 6.52. The normalized spacial score (nSPS) is 12.5. The molecule has 0 aliphatic rings. The van der Waals surface area contributed by atoms with Crippen molar-refractivity contribution in [3.8, 4) is 11.1 Å². The molecule has 0 aliphatic heterocycles. The predicted molar refractivity (Wildman–Crippen MR) is 133 cm³/mol. The van der Waals surface area contributed by atoms with Crippen molar-refractivity contribution in [2.45, 2.75) is 0 Å². The van der Waals surface area contributed by atoms with Crippen molar-refractivity contribution in [3.63, 3.8) is 0 Å². The van der Waals surface area contributed by atoms with Crippen molar-refractivity contribution >= 4 is 59.6 Å². The standard InChI is InChI=1S/C30H17N/c1-2-8-18(9-3-1)19-12-6-14-24-25-17-16-23-21-11-5-4-10-20(21)22-13-7-15-26-27(22)28(23)30(25)31(26)29(19)24/h1-17H. The smallest absolute Gasteiger partial charge is 0.0627 e. The molecule has 0 unspecified atom stereocenters. The van der Waals surface area contributed by atoms with Crippen LogP contribution in [0.2, 0.25) is 0 Å². The van der Waals surface area contributed by atoms with E-state index in [2.05, 4.69) is 108 Å². The summed E-state index contributed by atoms with van der Waals surface area (Å²) in [6.45, 7) is 0. The first-order chi connectivity index (χ1) is 15.4. The lowest BCUT2D eigenvalue weighted by Gasteiger charge is -2.09. The Kier molecular flexibility index (Phi) is 2.70. The summed E-state index contributed by atoms with van der Waals surface area (Å²) in [5, 5.41) is 10.8. The summed E-state index contributed by atoms with van der Waals surface area (Å²) in [6.07, 6.45) is 0.